The Morgan fingerprint density at radius 1 is 0.822 bits per heavy atom. The van der Waals surface area contributed by atoms with Crippen molar-refractivity contribution in [3.63, 3.8) is 0 Å². The van der Waals surface area contributed by atoms with Gasteiger partial charge in [-0.1, -0.05) is 65.7 Å². The number of benzene rings is 4. The number of sulfonamides is 1. The molecule has 0 bridgehead atoms. The first-order valence-electron chi connectivity index (χ1n) is 14.2. The Balaban J connectivity index is 1.71. The van der Waals surface area contributed by atoms with Gasteiger partial charge in [0, 0.05) is 12.1 Å². The Morgan fingerprint density at radius 3 is 1.98 bits per heavy atom. The Bertz CT molecular complexity index is 1730. The first-order valence-corrected chi connectivity index (χ1v) is 16.4. The lowest BCUT2D eigenvalue weighted by Gasteiger charge is -2.33. The third-order valence-electron chi connectivity index (χ3n) is 6.72. The van der Waals surface area contributed by atoms with Crippen LogP contribution in [0, 0.1) is 0 Å². The van der Waals surface area contributed by atoms with Crippen molar-refractivity contribution in [3.05, 3.63) is 119 Å². The van der Waals surface area contributed by atoms with E-state index in [1.165, 1.54) is 17.0 Å². The molecule has 45 heavy (non-hydrogen) atoms. The Morgan fingerprint density at radius 2 is 1.40 bits per heavy atom. The van der Waals surface area contributed by atoms with Gasteiger partial charge >= 0.3 is 0 Å². The highest BCUT2D eigenvalue weighted by Gasteiger charge is 2.33. The molecule has 4 aromatic rings. The summed E-state index contributed by atoms with van der Waals surface area (Å²) in [4.78, 5) is 28.8. The van der Waals surface area contributed by atoms with E-state index in [1.54, 1.807) is 79.7 Å². The van der Waals surface area contributed by atoms with Gasteiger partial charge in [0.1, 0.15) is 24.1 Å². The van der Waals surface area contributed by atoms with E-state index in [-0.39, 0.29) is 17.1 Å². The molecule has 1 unspecified atom stereocenters. The summed E-state index contributed by atoms with van der Waals surface area (Å²) >= 11 is 12.4. The van der Waals surface area contributed by atoms with Crippen molar-refractivity contribution in [1.29, 1.82) is 0 Å². The zero-order chi connectivity index (χ0) is 32.8. The number of hydrogen-bond donors (Lipinski definition) is 1. The first kappa shape index (κ1) is 33.8. The smallest absolute Gasteiger partial charge is 0.264 e. The molecule has 11 heteroatoms. The SMILES string of the molecule is CC(C(=O)NC(C)(C)C)N(Cc1ccc(Cl)c(Cl)c1)C(=O)CN(c1ccc(Oc2ccccc2)cc1)S(=O)(=O)c1ccccc1. The normalized spacial score (nSPS) is 12.2. The van der Waals surface area contributed by atoms with Crippen molar-refractivity contribution in [2.24, 2.45) is 0 Å². The number of carbonyl (C=O) groups is 2. The summed E-state index contributed by atoms with van der Waals surface area (Å²) in [7, 11) is -4.21. The van der Waals surface area contributed by atoms with E-state index in [0.29, 0.717) is 27.1 Å². The molecule has 4 aromatic carbocycles. The molecule has 0 spiro atoms. The minimum atomic E-state index is -4.21. The second-order valence-corrected chi connectivity index (χ2v) is 14.1. The van der Waals surface area contributed by atoms with Gasteiger partial charge in [-0.2, -0.15) is 0 Å². The fourth-order valence-electron chi connectivity index (χ4n) is 4.44. The summed E-state index contributed by atoms with van der Waals surface area (Å²) in [6.45, 7) is 6.51. The number of rotatable bonds is 11. The van der Waals surface area contributed by atoms with Gasteiger partial charge in [0.15, 0.2) is 0 Å². The number of nitrogens with one attached hydrogen (secondary N) is 1. The van der Waals surface area contributed by atoms with Gasteiger partial charge in [0.2, 0.25) is 11.8 Å². The molecule has 236 valence electrons. The molecule has 4 rings (SSSR count). The van der Waals surface area contributed by atoms with Gasteiger partial charge in [0.05, 0.1) is 20.6 Å². The number of para-hydroxylation sites is 1. The van der Waals surface area contributed by atoms with Crippen LogP contribution in [0.1, 0.15) is 33.3 Å². The van der Waals surface area contributed by atoms with E-state index in [1.807, 2.05) is 39.0 Å². The maximum Gasteiger partial charge on any atom is 0.264 e. The lowest BCUT2D eigenvalue weighted by molar-refractivity contribution is -0.140. The maximum atomic E-state index is 14.1. The third kappa shape index (κ3) is 9.00. The van der Waals surface area contributed by atoms with Crippen LogP contribution in [0.25, 0.3) is 0 Å². The molecule has 0 aliphatic rings. The Kier molecular flexibility index (Phi) is 10.8. The number of nitrogens with zero attached hydrogens (tertiary/aromatic N) is 2. The molecular weight excluding hydrogens is 633 g/mol. The summed E-state index contributed by atoms with van der Waals surface area (Å²) in [6.07, 6.45) is 0. The lowest BCUT2D eigenvalue weighted by atomic mass is 10.1. The van der Waals surface area contributed by atoms with E-state index < -0.39 is 40.0 Å². The second kappa shape index (κ2) is 14.4. The molecule has 0 radical (unpaired) electrons. The third-order valence-corrected chi connectivity index (χ3v) is 9.24. The van der Waals surface area contributed by atoms with E-state index in [9.17, 15) is 18.0 Å². The summed E-state index contributed by atoms with van der Waals surface area (Å²) in [5.74, 6) is 0.120. The maximum absolute atomic E-state index is 14.1. The molecule has 0 heterocycles. The summed E-state index contributed by atoms with van der Waals surface area (Å²) in [5.41, 5.74) is 0.303. The molecule has 1 atom stereocenters. The Hall–Kier alpha value is -4.05. The lowest BCUT2D eigenvalue weighted by Crippen LogP contribution is -2.54. The van der Waals surface area contributed by atoms with E-state index >= 15 is 0 Å². The zero-order valence-corrected chi connectivity index (χ0v) is 27.7. The highest BCUT2D eigenvalue weighted by molar-refractivity contribution is 7.92. The molecule has 0 aromatic heterocycles. The highest BCUT2D eigenvalue weighted by Crippen LogP contribution is 2.29. The molecule has 0 aliphatic carbocycles. The van der Waals surface area contributed by atoms with Crippen LogP contribution in [0.3, 0.4) is 0 Å². The highest BCUT2D eigenvalue weighted by atomic mass is 35.5. The van der Waals surface area contributed by atoms with Crippen LogP contribution < -0.4 is 14.4 Å². The van der Waals surface area contributed by atoms with Crippen molar-refractivity contribution in [2.45, 2.75) is 50.7 Å². The van der Waals surface area contributed by atoms with Gasteiger partial charge in [-0.25, -0.2) is 8.42 Å². The van der Waals surface area contributed by atoms with Gasteiger partial charge in [-0.05, 0) is 93.9 Å². The van der Waals surface area contributed by atoms with Crippen molar-refractivity contribution in [2.75, 3.05) is 10.8 Å². The minimum Gasteiger partial charge on any atom is -0.457 e. The molecule has 8 nitrogen and oxygen atoms in total. The van der Waals surface area contributed by atoms with Crippen LogP contribution in [0.5, 0.6) is 11.5 Å². The van der Waals surface area contributed by atoms with E-state index in [4.69, 9.17) is 27.9 Å². The van der Waals surface area contributed by atoms with Crippen molar-refractivity contribution in [3.8, 4) is 11.5 Å². The van der Waals surface area contributed by atoms with Crippen molar-refractivity contribution >= 4 is 50.7 Å². The zero-order valence-electron chi connectivity index (χ0n) is 25.4. The fraction of sp³-hybridized carbons (Fsp3) is 0.235. The second-order valence-electron chi connectivity index (χ2n) is 11.4. The number of ether oxygens (including phenoxy) is 1. The van der Waals surface area contributed by atoms with E-state index in [2.05, 4.69) is 5.32 Å². The molecule has 0 saturated carbocycles. The topological polar surface area (TPSA) is 96.0 Å². The molecular formula is C34H35Cl2N3O5S. The van der Waals surface area contributed by atoms with Crippen LogP contribution in [-0.2, 0) is 26.2 Å². The average Bonchev–Trinajstić information content (AvgIpc) is 3.00. The van der Waals surface area contributed by atoms with Crippen LogP contribution in [0.2, 0.25) is 10.0 Å². The summed E-state index contributed by atoms with van der Waals surface area (Å²) < 4.78 is 34.9. The fourth-order valence-corrected chi connectivity index (χ4v) is 6.20. The first-order chi connectivity index (χ1) is 21.2. The Labute approximate surface area is 274 Å². The predicted octanol–water partition coefficient (Wildman–Crippen LogP) is 7.31. The molecule has 0 fully saturated rings. The number of carbonyl (C=O) groups excluding carboxylic acids is 2. The average molecular weight is 669 g/mol. The number of halogens is 2. The van der Waals surface area contributed by atoms with Crippen LogP contribution in [0.15, 0.2) is 108 Å². The van der Waals surface area contributed by atoms with Gasteiger partial charge in [-0.3, -0.25) is 13.9 Å². The van der Waals surface area contributed by atoms with Crippen LogP contribution in [-0.4, -0.2) is 43.3 Å². The van der Waals surface area contributed by atoms with Gasteiger partial charge in [0.25, 0.3) is 10.0 Å². The molecule has 0 saturated heterocycles. The number of anilines is 1. The minimum absolute atomic E-state index is 0.0111. The largest absolute Gasteiger partial charge is 0.457 e. The monoisotopic (exact) mass is 667 g/mol. The molecule has 1 N–H and O–H groups in total. The quantitative estimate of drug-likeness (QED) is 0.181. The molecule has 2 amide bonds. The van der Waals surface area contributed by atoms with Gasteiger partial charge < -0.3 is 15.0 Å². The number of hydrogen-bond acceptors (Lipinski definition) is 5. The summed E-state index contributed by atoms with van der Waals surface area (Å²) in [6, 6.07) is 27.4. The summed E-state index contributed by atoms with van der Waals surface area (Å²) in [5, 5.41) is 3.54. The van der Waals surface area contributed by atoms with Crippen molar-refractivity contribution in [1.82, 2.24) is 10.2 Å². The standard InChI is InChI=1S/C34H35Cl2N3O5S/c1-24(33(41)37-34(2,3)4)38(22-25-15-20-30(35)31(36)21-25)32(40)23-39(45(42,43)29-13-9-6-10-14-29)26-16-18-28(19-17-26)44-27-11-7-5-8-12-27/h5-21,24H,22-23H2,1-4H3,(H,37,41). The van der Waals surface area contributed by atoms with Gasteiger partial charge in [-0.15, -0.1) is 0 Å². The van der Waals surface area contributed by atoms with Crippen LogP contribution >= 0.6 is 23.2 Å². The van der Waals surface area contributed by atoms with Crippen LogP contribution in [0.4, 0.5) is 5.69 Å². The number of amides is 2. The van der Waals surface area contributed by atoms with E-state index in [0.717, 1.165) is 4.31 Å². The molecule has 0 aliphatic heterocycles. The predicted molar refractivity (Wildman–Crippen MR) is 178 cm³/mol. The van der Waals surface area contributed by atoms with Crippen molar-refractivity contribution < 1.29 is 22.7 Å².